The van der Waals surface area contributed by atoms with Gasteiger partial charge >= 0.3 is 0 Å². The van der Waals surface area contributed by atoms with E-state index in [9.17, 15) is 0 Å². The molecule has 0 aliphatic rings. The van der Waals surface area contributed by atoms with Crippen molar-refractivity contribution in [3.8, 4) is 5.75 Å². The molecule has 0 fully saturated rings. The summed E-state index contributed by atoms with van der Waals surface area (Å²) in [5.41, 5.74) is 3.45. The van der Waals surface area contributed by atoms with Gasteiger partial charge in [0.25, 0.3) is 0 Å². The summed E-state index contributed by atoms with van der Waals surface area (Å²) in [6, 6.07) is 29.1. The number of hydrogen-bond donors (Lipinski definition) is 0. The van der Waals surface area contributed by atoms with E-state index in [1.54, 1.807) is 0 Å². The van der Waals surface area contributed by atoms with Crippen molar-refractivity contribution >= 4 is 14.5 Å². The van der Waals surface area contributed by atoms with Gasteiger partial charge in [0, 0.05) is 6.21 Å². The highest BCUT2D eigenvalue weighted by atomic mass is 28.4. The van der Waals surface area contributed by atoms with Gasteiger partial charge < -0.3 is 4.43 Å². The summed E-state index contributed by atoms with van der Waals surface area (Å²) in [6.07, 6.45) is 1.96. The van der Waals surface area contributed by atoms with Gasteiger partial charge in [-0.25, -0.2) is 0 Å². The van der Waals surface area contributed by atoms with Crippen molar-refractivity contribution in [1.82, 2.24) is 0 Å². The minimum absolute atomic E-state index is 0.0134. The van der Waals surface area contributed by atoms with Crippen LogP contribution in [0.15, 0.2) is 89.9 Å². The Balaban J connectivity index is 1.80. The van der Waals surface area contributed by atoms with E-state index >= 15 is 0 Å². The van der Waals surface area contributed by atoms with E-state index < -0.39 is 8.32 Å². The number of aliphatic imine (C=N–C) groups is 1. The largest absolute Gasteiger partial charge is 0.544 e. The molecule has 0 unspecified atom stereocenters. The molecule has 0 atom stereocenters. The molecule has 3 heteroatoms. The molecule has 3 aromatic rings. The number of nitrogens with zero attached hydrogens (tertiary/aromatic N) is 1. The first-order valence-electron chi connectivity index (χ1n) is 10.2. The molecule has 0 aliphatic heterocycles. The molecular formula is C26H31NOSi. The van der Waals surface area contributed by atoms with Crippen LogP contribution in [-0.2, 0) is 0 Å². The van der Waals surface area contributed by atoms with Crippen LogP contribution in [0.25, 0.3) is 0 Å². The van der Waals surface area contributed by atoms with Crippen molar-refractivity contribution in [3.63, 3.8) is 0 Å². The molecule has 29 heavy (non-hydrogen) atoms. The van der Waals surface area contributed by atoms with Gasteiger partial charge in [0.05, 0.1) is 6.04 Å². The topological polar surface area (TPSA) is 21.6 Å². The molecule has 0 saturated heterocycles. The fourth-order valence-electron chi connectivity index (χ4n) is 2.87. The first-order chi connectivity index (χ1) is 13.8. The van der Waals surface area contributed by atoms with Gasteiger partial charge in [-0.1, -0.05) is 81.4 Å². The molecule has 2 nitrogen and oxygen atoms in total. The number of rotatable bonds is 6. The van der Waals surface area contributed by atoms with Crippen LogP contribution in [0.1, 0.15) is 43.5 Å². The van der Waals surface area contributed by atoms with E-state index in [1.807, 2.05) is 18.3 Å². The Morgan fingerprint density at radius 3 is 1.69 bits per heavy atom. The Bertz CT molecular complexity index is 886. The van der Waals surface area contributed by atoms with E-state index in [1.165, 1.54) is 11.1 Å². The van der Waals surface area contributed by atoms with Crippen LogP contribution in [0.2, 0.25) is 18.1 Å². The summed E-state index contributed by atoms with van der Waals surface area (Å²) >= 11 is 0. The molecule has 0 spiro atoms. The van der Waals surface area contributed by atoms with Crippen molar-refractivity contribution < 1.29 is 4.43 Å². The lowest BCUT2D eigenvalue weighted by Gasteiger charge is -2.36. The maximum Gasteiger partial charge on any atom is 0.250 e. The second kappa shape index (κ2) is 8.79. The molecule has 0 heterocycles. The molecule has 3 rings (SSSR count). The van der Waals surface area contributed by atoms with Gasteiger partial charge in [0.15, 0.2) is 0 Å². The van der Waals surface area contributed by atoms with Gasteiger partial charge in [-0.2, -0.15) is 0 Å². The predicted molar refractivity (Wildman–Crippen MR) is 127 cm³/mol. The average Bonchev–Trinajstić information content (AvgIpc) is 2.70. The summed E-state index contributed by atoms with van der Waals surface area (Å²) in [5.74, 6) is 0.941. The Labute approximate surface area is 176 Å². The third-order valence-corrected chi connectivity index (χ3v) is 10.0. The van der Waals surface area contributed by atoms with Gasteiger partial charge in [-0.05, 0) is 59.1 Å². The Hall–Kier alpha value is -2.65. The molecule has 0 aromatic heterocycles. The Kier molecular flexibility index (Phi) is 6.38. The van der Waals surface area contributed by atoms with E-state index in [4.69, 9.17) is 9.42 Å². The maximum atomic E-state index is 6.38. The molecule has 150 valence electrons. The first kappa shape index (κ1) is 21.1. The second-order valence-corrected chi connectivity index (χ2v) is 13.7. The van der Waals surface area contributed by atoms with E-state index in [2.05, 4.69) is 107 Å². The van der Waals surface area contributed by atoms with Gasteiger partial charge in [0.2, 0.25) is 8.32 Å². The van der Waals surface area contributed by atoms with Crippen LogP contribution < -0.4 is 4.43 Å². The third-order valence-electron chi connectivity index (χ3n) is 5.66. The lowest BCUT2D eigenvalue weighted by Crippen LogP contribution is -2.43. The van der Waals surface area contributed by atoms with Crippen molar-refractivity contribution in [2.24, 2.45) is 4.99 Å². The molecule has 0 amide bonds. The van der Waals surface area contributed by atoms with Crippen molar-refractivity contribution in [3.05, 3.63) is 102 Å². The summed E-state index contributed by atoms with van der Waals surface area (Å²) in [5, 5.41) is 0.186. The zero-order valence-corrected chi connectivity index (χ0v) is 19.1. The van der Waals surface area contributed by atoms with Crippen LogP contribution in [0.5, 0.6) is 5.75 Å². The molecule has 0 radical (unpaired) electrons. The fourth-order valence-corrected chi connectivity index (χ4v) is 3.90. The lowest BCUT2D eigenvalue weighted by atomic mass is 9.99. The van der Waals surface area contributed by atoms with Crippen molar-refractivity contribution in [1.29, 1.82) is 0 Å². The SMILES string of the molecule is CC(C)(C)[Si](C)(C)Oc1ccc(C=NC(c2ccccc2)c2ccccc2)cc1. The molecular weight excluding hydrogens is 370 g/mol. The smallest absolute Gasteiger partial charge is 0.250 e. The highest BCUT2D eigenvalue weighted by Crippen LogP contribution is 2.37. The summed E-state index contributed by atoms with van der Waals surface area (Å²) in [6.45, 7) is 11.3. The quantitative estimate of drug-likeness (QED) is 0.314. The second-order valence-electron chi connectivity index (χ2n) is 8.93. The highest BCUT2D eigenvalue weighted by molar-refractivity contribution is 6.74. The predicted octanol–water partition coefficient (Wildman–Crippen LogP) is 7.28. The van der Waals surface area contributed by atoms with Gasteiger partial charge in [0.1, 0.15) is 5.75 Å². The Morgan fingerprint density at radius 2 is 1.24 bits per heavy atom. The van der Waals surface area contributed by atoms with Crippen LogP contribution >= 0.6 is 0 Å². The van der Waals surface area contributed by atoms with Gasteiger partial charge in [-0.15, -0.1) is 0 Å². The lowest BCUT2D eigenvalue weighted by molar-refractivity contribution is 0.492. The summed E-state index contributed by atoms with van der Waals surface area (Å²) in [4.78, 5) is 4.92. The number of benzene rings is 3. The van der Waals surface area contributed by atoms with Crippen LogP contribution in [0, 0.1) is 0 Å². The molecule has 3 aromatic carbocycles. The van der Waals surface area contributed by atoms with E-state index in [0.717, 1.165) is 11.3 Å². The Morgan fingerprint density at radius 1 is 0.759 bits per heavy atom. The summed E-state index contributed by atoms with van der Waals surface area (Å²) in [7, 11) is -1.82. The van der Waals surface area contributed by atoms with E-state index in [-0.39, 0.29) is 11.1 Å². The zero-order valence-electron chi connectivity index (χ0n) is 18.1. The average molecular weight is 402 g/mol. The highest BCUT2D eigenvalue weighted by Gasteiger charge is 2.38. The summed E-state index contributed by atoms with van der Waals surface area (Å²) < 4.78 is 6.38. The molecule has 0 bridgehead atoms. The van der Waals surface area contributed by atoms with Crippen LogP contribution in [0.3, 0.4) is 0 Å². The molecule has 0 aliphatic carbocycles. The molecule has 0 N–H and O–H groups in total. The minimum Gasteiger partial charge on any atom is -0.544 e. The third kappa shape index (κ3) is 5.45. The van der Waals surface area contributed by atoms with Crippen LogP contribution in [0.4, 0.5) is 0 Å². The minimum atomic E-state index is -1.82. The van der Waals surface area contributed by atoms with Crippen molar-refractivity contribution in [2.45, 2.75) is 44.9 Å². The van der Waals surface area contributed by atoms with Crippen molar-refractivity contribution in [2.75, 3.05) is 0 Å². The number of hydrogen-bond acceptors (Lipinski definition) is 2. The maximum absolute atomic E-state index is 6.38. The van der Waals surface area contributed by atoms with E-state index in [0.29, 0.717) is 0 Å². The standard InChI is InChI=1S/C26H31NOSi/c1-26(2,3)29(4,5)28-24-18-16-21(17-19-24)20-27-25(22-12-8-6-9-13-22)23-14-10-7-11-15-23/h6-20,25H,1-5H3. The molecule has 0 saturated carbocycles. The van der Waals surface area contributed by atoms with Gasteiger partial charge in [-0.3, -0.25) is 4.99 Å². The fraction of sp³-hybridized carbons (Fsp3) is 0.269. The first-order valence-corrected chi connectivity index (χ1v) is 13.1. The normalized spacial score (nSPS) is 12.5. The monoisotopic (exact) mass is 401 g/mol. The van der Waals surface area contributed by atoms with Crippen LogP contribution in [-0.4, -0.2) is 14.5 Å². The zero-order chi connectivity index (χ0) is 20.9.